The van der Waals surface area contributed by atoms with Crippen LogP contribution in [0.15, 0.2) is 89.4 Å². The maximum absolute atomic E-state index is 13.0. The number of rotatable bonds is 5. The molecule has 0 aliphatic rings. The zero-order valence-electron chi connectivity index (χ0n) is 15.9. The van der Waals surface area contributed by atoms with Crippen LogP contribution in [-0.4, -0.2) is 11.7 Å². The van der Waals surface area contributed by atoms with E-state index in [1.165, 1.54) is 6.08 Å². The summed E-state index contributed by atoms with van der Waals surface area (Å²) in [5.41, 5.74) is 3.41. The fourth-order valence-electron chi connectivity index (χ4n) is 3.07. The summed E-state index contributed by atoms with van der Waals surface area (Å²) < 4.78 is 5.82. The molecule has 0 unspecified atom stereocenters. The number of hydrogen-bond donors (Lipinski definition) is 1. The van der Waals surface area contributed by atoms with Gasteiger partial charge >= 0.3 is 0 Å². The predicted molar refractivity (Wildman–Crippen MR) is 115 cm³/mol. The predicted octanol–water partition coefficient (Wildman–Crippen LogP) is 5.62. The Labute approximate surface area is 168 Å². The van der Waals surface area contributed by atoms with E-state index >= 15 is 0 Å². The second kappa shape index (κ2) is 7.98. The Kier molecular flexibility index (Phi) is 5.08. The smallest absolute Gasteiger partial charge is 0.248 e. The van der Waals surface area contributed by atoms with E-state index in [4.69, 9.17) is 4.42 Å². The van der Waals surface area contributed by atoms with Crippen LogP contribution in [-0.2, 0) is 4.79 Å². The summed E-state index contributed by atoms with van der Waals surface area (Å²) in [5.74, 6) is -0.488. The van der Waals surface area contributed by atoms with Gasteiger partial charge in [-0.05, 0) is 30.7 Å². The molecule has 1 amide bonds. The quantitative estimate of drug-likeness (QED) is 0.360. The molecular weight excluding hydrogens is 362 g/mol. The first kappa shape index (κ1) is 18.4. The van der Waals surface area contributed by atoms with Gasteiger partial charge in [0.05, 0.1) is 5.69 Å². The topological polar surface area (TPSA) is 59.3 Å². The fraction of sp³-hybridized carbons (Fsp3) is 0.0400. The van der Waals surface area contributed by atoms with Gasteiger partial charge in [0.15, 0.2) is 5.76 Å². The Balaban J connectivity index is 1.68. The van der Waals surface area contributed by atoms with Crippen LogP contribution < -0.4 is 5.32 Å². The van der Waals surface area contributed by atoms with Crippen LogP contribution in [0.5, 0.6) is 0 Å². The van der Waals surface area contributed by atoms with Gasteiger partial charge in [-0.3, -0.25) is 9.59 Å². The number of fused-ring (bicyclic) bond motifs is 1. The van der Waals surface area contributed by atoms with Crippen molar-refractivity contribution in [3.05, 3.63) is 107 Å². The molecule has 1 aromatic heterocycles. The van der Waals surface area contributed by atoms with Crippen LogP contribution in [0.25, 0.3) is 17.0 Å². The first-order valence-corrected chi connectivity index (χ1v) is 9.29. The Hall–Kier alpha value is -3.92. The van der Waals surface area contributed by atoms with Gasteiger partial charge in [0.2, 0.25) is 11.7 Å². The van der Waals surface area contributed by atoms with E-state index in [2.05, 4.69) is 5.32 Å². The van der Waals surface area contributed by atoms with Crippen LogP contribution in [0.1, 0.15) is 27.2 Å². The molecule has 0 aliphatic heterocycles. The molecule has 4 heteroatoms. The van der Waals surface area contributed by atoms with Crippen molar-refractivity contribution >= 4 is 34.4 Å². The molecule has 29 heavy (non-hydrogen) atoms. The molecule has 142 valence electrons. The van der Waals surface area contributed by atoms with E-state index in [1.807, 2.05) is 67.6 Å². The number of ketones is 1. The highest BCUT2D eigenvalue weighted by Crippen LogP contribution is 2.32. The lowest BCUT2D eigenvalue weighted by Crippen LogP contribution is -2.11. The number of amides is 1. The molecule has 0 saturated heterocycles. The van der Waals surface area contributed by atoms with Gasteiger partial charge in [0, 0.05) is 17.0 Å². The number of para-hydroxylation sites is 1. The van der Waals surface area contributed by atoms with E-state index in [0.29, 0.717) is 22.2 Å². The van der Waals surface area contributed by atoms with Gasteiger partial charge in [-0.25, -0.2) is 0 Å². The van der Waals surface area contributed by atoms with Crippen LogP contribution in [0.3, 0.4) is 0 Å². The van der Waals surface area contributed by atoms with Crippen molar-refractivity contribution in [3.63, 3.8) is 0 Å². The zero-order valence-corrected chi connectivity index (χ0v) is 15.9. The van der Waals surface area contributed by atoms with Gasteiger partial charge in [0.25, 0.3) is 0 Å². The lowest BCUT2D eigenvalue weighted by molar-refractivity contribution is -0.111. The molecule has 0 fully saturated rings. The normalized spacial score (nSPS) is 11.1. The minimum atomic E-state index is -0.335. The molecular formula is C25H19NO3. The second-order valence-corrected chi connectivity index (χ2v) is 6.73. The van der Waals surface area contributed by atoms with Crippen LogP contribution in [0.4, 0.5) is 5.69 Å². The number of aryl methyl sites for hydroxylation is 1. The Morgan fingerprint density at radius 2 is 1.55 bits per heavy atom. The Morgan fingerprint density at radius 1 is 0.862 bits per heavy atom. The first-order valence-electron chi connectivity index (χ1n) is 9.29. The van der Waals surface area contributed by atoms with Gasteiger partial charge < -0.3 is 9.73 Å². The second-order valence-electron chi connectivity index (χ2n) is 6.73. The van der Waals surface area contributed by atoms with Crippen molar-refractivity contribution in [3.8, 4) is 0 Å². The molecule has 4 rings (SSSR count). The summed E-state index contributed by atoms with van der Waals surface area (Å²) >= 11 is 0. The highest BCUT2D eigenvalue weighted by Gasteiger charge is 2.22. The maximum Gasteiger partial charge on any atom is 0.248 e. The SMILES string of the molecule is Cc1ccc(C(=O)c2oc3ccccc3c2NC(=O)C=Cc2ccccc2)cc1. The lowest BCUT2D eigenvalue weighted by atomic mass is 10.1. The van der Waals surface area contributed by atoms with Crippen molar-refractivity contribution in [1.29, 1.82) is 0 Å². The van der Waals surface area contributed by atoms with Gasteiger partial charge in [0.1, 0.15) is 5.58 Å². The number of hydrogen-bond acceptors (Lipinski definition) is 3. The molecule has 0 saturated carbocycles. The van der Waals surface area contributed by atoms with E-state index < -0.39 is 0 Å². The van der Waals surface area contributed by atoms with E-state index in [0.717, 1.165) is 11.1 Å². The third-order valence-corrected chi connectivity index (χ3v) is 4.59. The number of nitrogens with one attached hydrogen (secondary N) is 1. The Bertz CT molecular complexity index is 1200. The average molecular weight is 381 g/mol. The van der Waals surface area contributed by atoms with Crippen LogP contribution in [0, 0.1) is 6.92 Å². The molecule has 0 atom stereocenters. The van der Waals surface area contributed by atoms with Crippen molar-refractivity contribution in [2.45, 2.75) is 6.92 Å². The van der Waals surface area contributed by atoms with Crippen LogP contribution >= 0.6 is 0 Å². The third-order valence-electron chi connectivity index (χ3n) is 4.59. The summed E-state index contributed by atoms with van der Waals surface area (Å²) in [6, 6.07) is 24.0. The number of carbonyl (C=O) groups is 2. The third kappa shape index (κ3) is 4.01. The molecule has 0 bridgehead atoms. The number of carbonyl (C=O) groups excluding carboxylic acids is 2. The summed E-state index contributed by atoms with van der Waals surface area (Å²) in [6.07, 6.45) is 3.16. The number of furan rings is 1. The molecule has 3 aromatic carbocycles. The van der Waals surface area contributed by atoms with E-state index in [1.54, 1.807) is 24.3 Å². The summed E-state index contributed by atoms with van der Waals surface area (Å²) in [4.78, 5) is 25.6. The Morgan fingerprint density at radius 3 is 2.31 bits per heavy atom. The van der Waals surface area contributed by atoms with E-state index in [9.17, 15) is 9.59 Å². The van der Waals surface area contributed by atoms with Crippen molar-refractivity contribution in [2.24, 2.45) is 0 Å². The standard InChI is InChI=1S/C25H19NO3/c1-17-11-14-19(15-12-17)24(28)25-23(20-9-5-6-10-21(20)29-25)26-22(27)16-13-18-7-3-2-4-8-18/h2-16H,1H3,(H,26,27). The highest BCUT2D eigenvalue weighted by atomic mass is 16.3. The maximum atomic E-state index is 13.0. The summed E-state index contributed by atoms with van der Waals surface area (Å²) in [6.45, 7) is 1.96. The summed E-state index contributed by atoms with van der Waals surface area (Å²) in [5, 5.41) is 3.51. The van der Waals surface area contributed by atoms with Gasteiger partial charge in [-0.1, -0.05) is 72.3 Å². The zero-order chi connectivity index (χ0) is 20.2. The molecule has 0 radical (unpaired) electrons. The monoisotopic (exact) mass is 381 g/mol. The minimum absolute atomic E-state index is 0.122. The summed E-state index contributed by atoms with van der Waals surface area (Å²) in [7, 11) is 0. The molecule has 0 aliphatic carbocycles. The average Bonchev–Trinajstić information content (AvgIpc) is 3.11. The van der Waals surface area contributed by atoms with Crippen molar-refractivity contribution in [2.75, 3.05) is 5.32 Å². The first-order chi connectivity index (χ1) is 14.1. The van der Waals surface area contributed by atoms with Gasteiger partial charge in [-0.15, -0.1) is 0 Å². The minimum Gasteiger partial charge on any atom is -0.450 e. The van der Waals surface area contributed by atoms with Gasteiger partial charge in [-0.2, -0.15) is 0 Å². The van der Waals surface area contributed by atoms with Crippen molar-refractivity contribution < 1.29 is 14.0 Å². The fourth-order valence-corrected chi connectivity index (χ4v) is 3.07. The van der Waals surface area contributed by atoms with Crippen molar-refractivity contribution in [1.82, 2.24) is 0 Å². The molecule has 4 nitrogen and oxygen atoms in total. The van der Waals surface area contributed by atoms with E-state index in [-0.39, 0.29) is 17.5 Å². The largest absolute Gasteiger partial charge is 0.450 e. The highest BCUT2D eigenvalue weighted by molar-refractivity contribution is 6.18. The van der Waals surface area contributed by atoms with Crippen LogP contribution in [0.2, 0.25) is 0 Å². The molecule has 4 aromatic rings. The number of benzene rings is 3. The lowest BCUT2D eigenvalue weighted by Gasteiger charge is -2.04. The molecule has 0 spiro atoms. The molecule has 1 heterocycles. The number of anilines is 1. The molecule has 1 N–H and O–H groups in total.